The van der Waals surface area contributed by atoms with E-state index in [1.807, 2.05) is 0 Å². The number of hydrazone groups is 1. The molecule has 0 unspecified atom stereocenters. The summed E-state index contributed by atoms with van der Waals surface area (Å²) in [6, 6.07) is 10.9. The molecule has 9 heteroatoms. The summed E-state index contributed by atoms with van der Waals surface area (Å²) in [6.45, 7) is 1.21. The Balaban J connectivity index is 1.91. The van der Waals surface area contributed by atoms with Crippen molar-refractivity contribution in [1.82, 2.24) is 10.7 Å². The average Bonchev–Trinajstić information content (AvgIpc) is 2.64. The maximum absolute atomic E-state index is 13.1. The Kier molecular flexibility index (Phi) is 6.10. The predicted octanol–water partition coefficient (Wildman–Crippen LogP) is 2.00. The van der Waals surface area contributed by atoms with Gasteiger partial charge in [0.2, 0.25) is 0 Å². The van der Waals surface area contributed by atoms with Crippen LogP contribution in [0.3, 0.4) is 0 Å². The van der Waals surface area contributed by atoms with Gasteiger partial charge in [-0.15, -0.1) is 0 Å². The monoisotopic (exact) mass is 358 g/mol. The summed E-state index contributed by atoms with van der Waals surface area (Å²) >= 11 is 0. The highest BCUT2D eigenvalue weighted by Gasteiger charge is 2.10. The standard InChI is InChI=1S/C17H15FN4O4/c1-11(12-4-3-7-15(9-12)22(25)26)20-21-16(23)10-19-17(24)13-5-2-6-14(18)8-13/h2-9H,10H2,1H3,(H,19,24)(H,21,23)/b20-11-. The van der Waals surface area contributed by atoms with Crippen molar-refractivity contribution in [2.75, 3.05) is 6.54 Å². The fourth-order valence-corrected chi connectivity index (χ4v) is 1.99. The van der Waals surface area contributed by atoms with E-state index < -0.39 is 22.6 Å². The van der Waals surface area contributed by atoms with Gasteiger partial charge in [0.05, 0.1) is 17.2 Å². The summed E-state index contributed by atoms with van der Waals surface area (Å²) in [6.07, 6.45) is 0. The molecule has 0 aliphatic heterocycles. The number of nitro groups is 1. The Morgan fingerprint density at radius 1 is 1.15 bits per heavy atom. The van der Waals surface area contributed by atoms with Crippen LogP contribution < -0.4 is 10.7 Å². The number of halogens is 1. The highest BCUT2D eigenvalue weighted by atomic mass is 19.1. The summed E-state index contributed by atoms with van der Waals surface area (Å²) in [5.41, 5.74) is 3.07. The molecule has 0 bridgehead atoms. The number of nitrogens with zero attached hydrogens (tertiary/aromatic N) is 2. The van der Waals surface area contributed by atoms with Crippen molar-refractivity contribution in [2.45, 2.75) is 6.92 Å². The second-order valence-electron chi connectivity index (χ2n) is 5.23. The first-order valence-corrected chi connectivity index (χ1v) is 7.48. The van der Waals surface area contributed by atoms with Gasteiger partial charge >= 0.3 is 0 Å². The number of rotatable bonds is 6. The smallest absolute Gasteiger partial charge is 0.270 e. The van der Waals surface area contributed by atoms with E-state index in [1.165, 1.54) is 36.4 Å². The van der Waals surface area contributed by atoms with Gasteiger partial charge < -0.3 is 5.32 Å². The fourth-order valence-electron chi connectivity index (χ4n) is 1.99. The van der Waals surface area contributed by atoms with Crippen LogP contribution in [0.15, 0.2) is 53.6 Å². The molecule has 0 spiro atoms. The first-order valence-electron chi connectivity index (χ1n) is 7.48. The van der Waals surface area contributed by atoms with Gasteiger partial charge in [0.25, 0.3) is 17.5 Å². The number of carbonyl (C=O) groups excluding carboxylic acids is 2. The third-order valence-corrected chi connectivity index (χ3v) is 3.32. The van der Waals surface area contributed by atoms with Crippen molar-refractivity contribution < 1.29 is 18.9 Å². The number of non-ortho nitro benzene ring substituents is 1. The molecule has 2 rings (SSSR count). The van der Waals surface area contributed by atoms with Crippen molar-refractivity contribution in [3.8, 4) is 0 Å². The molecule has 0 aromatic heterocycles. The molecule has 0 atom stereocenters. The van der Waals surface area contributed by atoms with Gasteiger partial charge in [-0.2, -0.15) is 5.10 Å². The van der Waals surface area contributed by atoms with Crippen LogP contribution in [0.25, 0.3) is 0 Å². The largest absolute Gasteiger partial charge is 0.343 e. The van der Waals surface area contributed by atoms with Crippen LogP contribution in [0.2, 0.25) is 0 Å². The molecule has 2 aromatic carbocycles. The Labute approximate surface area is 147 Å². The van der Waals surface area contributed by atoms with E-state index in [0.717, 1.165) is 6.07 Å². The second kappa shape index (κ2) is 8.47. The summed E-state index contributed by atoms with van der Waals surface area (Å²) in [4.78, 5) is 33.8. The van der Waals surface area contributed by atoms with E-state index in [1.54, 1.807) is 13.0 Å². The van der Waals surface area contributed by atoms with Gasteiger partial charge in [-0.25, -0.2) is 9.82 Å². The molecule has 0 heterocycles. The molecule has 0 fully saturated rings. The lowest BCUT2D eigenvalue weighted by Gasteiger charge is -2.05. The van der Waals surface area contributed by atoms with Gasteiger partial charge in [-0.3, -0.25) is 19.7 Å². The van der Waals surface area contributed by atoms with Crippen LogP contribution in [-0.2, 0) is 4.79 Å². The molecule has 0 aliphatic carbocycles. The number of amides is 2. The van der Waals surface area contributed by atoms with E-state index in [2.05, 4.69) is 15.8 Å². The number of nitrogens with one attached hydrogen (secondary N) is 2. The lowest BCUT2D eigenvalue weighted by atomic mass is 10.1. The molecule has 2 amide bonds. The minimum atomic E-state index is -0.598. The van der Waals surface area contributed by atoms with Gasteiger partial charge in [-0.1, -0.05) is 18.2 Å². The number of hydrogen-bond acceptors (Lipinski definition) is 5. The zero-order valence-electron chi connectivity index (χ0n) is 13.7. The molecular formula is C17H15FN4O4. The lowest BCUT2D eigenvalue weighted by Crippen LogP contribution is -2.35. The number of benzene rings is 2. The number of hydrogen-bond donors (Lipinski definition) is 2. The second-order valence-corrected chi connectivity index (χ2v) is 5.23. The molecular weight excluding hydrogens is 343 g/mol. The van der Waals surface area contributed by atoms with Crippen LogP contribution in [0.4, 0.5) is 10.1 Å². The maximum atomic E-state index is 13.1. The van der Waals surface area contributed by atoms with Crippen molar-refractivity contribution in [1.29, 1.82) is 0 Å². The minimum absolute atomic E-state index is 0.0917. The Morgan fingerprint density at radius 3 is 2.54 bits per heavy atom. The van der Waals surface area contributed by atoms with Crippen molar-refractivity contribution in [3.05, 3.63) is 75.6 Å². The first kappa shape index (κ1) is 18.7. The van der Waals surface area contributed by atoms with E-state index in [4.69, 9.17) is 0 Å². The molecule has 0 saturated heterocycles. The molecule has 0 radical (unpaired) electrons. The zero-order chi connectivity index (χ0) is 19.1. The van der Waals surface area contributed by atoms with E-state index in [9.17, 15) is 24.1 Å². The van der Waals surface area contributed by atoms with Crippen LogP contribution in [0, 0.1) is 15.9 Å². The van der Waals surface area contributed by atoms with E-state index >= 15 is 0 Å². The molecule has 26 heavy (non-hydrogen) atoms. The molecule has 8 nitrogen and oxygen atoms in total. The quantitative estimate of drug-likeness (QED) is 0.467. The van der Waals surface area contributed by atoms with Gasteiger partial charge in [-0.05, 0) is 25.1 Å². The number of nitro benzene ring substituents is 1. The molecule has 0 aliphatic rings. The third-order valence-electron chi connectivity index (χ3n) is 3.32. The fraction of sp³-hybridized carbons (Fsp3) is 0.118. The average molecular weight is 358 g/mol. The summed E-state index contributed by atoms with van der Waals surface area (Å²) < 4.78 is 13.1. The predicted molar refractivity (Wildman–Crippen MR) is 92.2 cm³/mol. The Bertz CT molecular complexity index is 883. The van der Waals surface area contributed by atoms with Gasteiger partial charge in [0.15, 0.2) is 0 Å². The third kappa shape index (κ3) is 5.20. The zero-order valence-corrected chi connectivity index (χ0v) is 13.7. The summed E-state index contributed by atoms with van der Waals surface area (Å²) in [5.74, 6) is -1.75. The van der Waals surface area contributed by atoms with Crippen LogP contribution in [0.1, 0.15) is 22.8 Å². The van der Waals surface area contributed by atoms with Crippen molar-refractivity contribution in [2.24, 2.45) is 5.10 Å². The SMILES string of the molecule is C/C(=N/NC(=O)CNC(=O)c1cccc(F)c1)c1cccc([N+](=O)[O-])c1. The summed E-state index contributed by atoms with van der Waals surface area (Å²) in [7, 11) is 0. The highest BCUT2D eigenvalue weighted by molar-refractivity contribution is 6.00. The van der Waals surface area contributed by atoms with Gasteiger partial charge in [0.1, 0.15) is 5.82 Å². The normalized spacial score (nSPS) is 10.9. The number of carbonyl (C=O) groups is 2. The van der Waals surface area contributed by atoms with Gasteiger partial charge in [0, 0.05) is 23.3 Å². The van der Waals surface area contributed by atoms with Crippen molar-refractivity contribution >= 4 is 23.2 Å². The highest BCUT2D eigenvalue weighted by Crippen LogP contribution is 2.13. The Hall–Kier alpha value is -3.62. The Morgan fingerprint density at radius 2 is 1.85 bits per heavy atom. The van der Waals surface area contributed by atoms with Crippen molar-refractivity contribution in [3.63, 3.8) is 0 Å². The minimum Gasteiger partial charge on any atom is -0.343 e. The van der Waals surface area contributed by atoms with Crippen LogP contribution in [-0.4, -0.2) is 29.0 Å². The first-order chi connectivity index (χ1) is 12.4. The molecule has 2 aromatic rings. The van der Waals surface area contributed by atoms with E-state index in [0.29, 0.717) is 11.3 Å². The maximum Gasteiger partial charge on any atom is 0.270 e. The lowest BCUT2D eigenvalue weighted by molar-refractivity contribution is -0.384. The van der Waals surface area contributed by atoms with Crippen LogP contribution >= 0.6 is 0 Å². The molecule has 0 saturated carbocycles. The van der Waals surface area contributed by atoms with Crippen LogP contribution in [0.5, 0.6) is 0 Å². The molecule has 2 N–H and O–H groups in total. The topological polar surface area (TPSA) is 114 Å². The summed E-state index contributed by atoms with van der Waals surface area (Å²) in [5, 5.41) is 16.9. The van der Waals surface area contributed by atoms with E-state index in [-0.39, 0.29) is 17.8 Å². The molecule has 134 valence electrons.